The first kappa shape index (κ1) is 26.3. The van der Waals surface area contributed by atoms with Crippen molar-refractivity contribution in [2.45, 2.75) is 30.6 Å². The second kappa shape index (κ2) is 10.8. The van der Waals surface area contributed by atoms with E-state index in [4.69, 9.17) is 5.26 Å². The fourth-order valence-corrected chi connectivity index (χ4v) is 6.49. The predicted molar refractivity (Wildman–Crippen MR) is 156 cm³/mol. The normalized spacial score (nSPS) is 13.0. The molecule has 0 fully saturated rings. The van der Waals surface area contributed by atoms with Crippen LogP contribution in [-0.4, -0.2) is 35.0 Å². The van der Waals surface area contributed by atoms with E-state index in [1.54, 1.807) is 35.2 Å². The van der Waals surface area contributed by atoms with Gasteiger partial charge in [0.25, 0.3) is 10.0 Å². The summed E-state index contributed by atoms with van der Waals surface area (Å²) in [6, 6.07) is 25.7. The second-order valence-electron chi connectivity index (χ2n) is 9.90. The summed E-state index contributed by atoms with van der Waals surface area (Å²) in [5, 5.41) is 10.5. The zero-order valence-corrected chi connectivity index (χ0v) is 22.8. The van der Waals surface area contributed by atoms with Crippen LogP contribution < -0.4 is 14.5 Å². The number of fused-ring (bicyclic) bond motifs is 2. The molecule has 1 aliphatic rings. The minimum Gasteiger partial charge on any atom is -0.377 e. The predicted octanol–water partition coefficient (Wildman–Crippen LogP) is 5.49. The molecule has 4 aromatic rings. The molecule has 0 radical (unpaired) electrons. The lowest BCUT2D eigenvalue weighted by Crippen LogP contribution is -2.36. The van der Waals surface area contributed by atoms with Gasteiger partial charge in [0.2, 0.25) is 5.91 Å². The van der Waals surface area contributed by atoms with Crippen LogP contribution in [0.15, 0.2) is 83.8 Å². The molecule has 4 aromatic carbocycles. The number of amides is 1. The molecule has 7 nitrogen and oxygen atoms in total. The summed E-state index contributed by atoms with van der Waals surface area (Å²) in [6.45, 7) is 0.526. The highest BCUT2D eigenvalue weighted by Gasteiger charge is 2.28. The molecule has 1 N–H and O–H groups in total. The van der Waals surface area contributed by atoms with Gasteiger partial charge < -0.3 is 9.80 Å². The Hall–Kier alpha value is -4.35. The van der Waals surface area contributed by atoms with Gasteiger partial charge in [-0.15, -0.1) is 0 Å². The number of hydrogen-bond donors (Lipinski definition) is 1. The molecule has 39 heavy (non-hydrogen) atoms. The second-order valence-corrected chi connectivity index (χ2v) is 11.6. The van der Waals surface area contributed by atoms with Gasteiger partial charge in [0, 0.05) is 43.5 Å². The Morgan fingerprint density at radius 3 is 2.44 bits per heavy atom. The lowest BCUT2D eigenvalue weighted by atomic mass is 9.99. The van der Waals surface area contributed by atoms with E-state index >= 15 is 0 Å². The summed E-state index contributed by atoms with van der Waals surface area (Å²) in [4.78, 5) is 17.3. The number of nitrogens with zero attached hydrogens (tertiary/aromatic N) is 3. The molecule has 0 spiro atoms. The maximum absolute atomic E-state index is 13.8. The summed E-state index contributed by atoms with van der Waals surface area (Å²) in [5.41, 5.74) is 4.46. The Labute approximate surface area is 229 Å². The summed E-state index contributed by atoms with van der Waals surface area (Å²) < 4.78 is 30.4. The fourth-order valence-electron chi connectivity index (χ4n) is 5.20. The van der Waals surface area contributed by atoms with Crippen LogP contribution in [0.2, 0.25) is 0 Å². The van der Waals surface area contributed by atoms with Crippen molar-refractivity contribution < 1.29 is 13.2 Å². The van der Waals surface area contributed by atoms with Crippen LogP contribution in [0.1, 0.15) is 29.5 Å². The quantitative estimate of drug-likeness (QED) is 0.336. The van der Waals surface area contributed by atoms with E-state index in [9.17, 15) is 13.2 Å². The Bertz CT molecular complexity index is 1690. The fraction of sp³-hybridized carbons (Fsp3) is 0.226. The first-order chi connectivity index (χ1) is 18.8. The van der Waals surface area contributed by atoms with Gasteiger partial charge in [-0.3, -0.25) is 9.52 Å². The average Bonchev–Trinajstić information content (AvgIpc) is 2.95. The first-order valence-corrected chi connectivity index (χ1v) is 14.4. The van der Waals surface area contributed by atoms with E-state index in [1.807, 2.05) is 67.5 Å². The molecule has 1 heterocycles. The Kier molecular flexibility index (Phi) is 7.27. The van der Waals surface area contributed by atoms with Crippen molar-refractivity contribution in [3.8, 4) is 6.07 Å². The van der Waals surface area contributed by atoms with Crippen molar-refractivity contribution in [2.24, 2.45) is 0 Å². The molecule has 0 bridgehead atoms. The molecular weight excluding hydrogens is 508 g/mol. The maximum Gasteiger partial charge on any atom is 0.262 e. The highest BCUT2D eigenvalue weighted by atomic mass is 32.2. The van der Waals surface area contributed by atoms with Crippen LogP contribution in [0.4, 0.5) is 17.1 Å². The molecule has 1 amide bonds. The molecule has 5 rings (SSSR count). The van der Waals surface area contributed by atoms with Gasteiger partial charge in [0.05, 0.1) is 27.9 Å². The third kappa shape index (κ3) is 5.31. The number of nitriles is 1. The smallest absolute Gasteiger partial charge is 0.262 e. The average molecular weight is 539 g/mol. The lowest BCUT2D eigenvalue weighted by Gasteiger charge is -2.32. The SMILES string of the molecule is CN(C)c1cccc2c(S(=O)(=O)Nc3cccc4c3N(C(=O)CCc3ccc(C#N)cc3)CCC4)cccc12. The summed E-state index contributed by atoms with van der Waals surface area (Å²) in [6.07, 6.45) is 2.39. The minimum atomic E-state index is -3.96. The van der Waals surface area contributed by atoms with Gasteiger partial charge >= 0.3 is 0 Å². The van der Waals surface area contributed by atoms with E-state index < -0.39 is 10.0 Å². The molecular formula is C31H30N4O3S. The number of carbonyl (C=O) groups excluding carboxylic acids is 1. The molecule has 0 aromatic heterocycles. The van der Waals surface area contributed by atoms with Crippen LogP contribution in [0, 0.1) is 11.3 Å². The number of hydrogen-bond acceptors (Lipinski definition) is 5. The van der Waals surface area contributed by atoms with E-state index in [2.05, 4.69) is 10.8 Å². The molecule has 0 aliphatic carbocycles. The van der Waals surface area contributed by atoms with Crippen molar-refractivity contribution in [3.63, 3.8) is 0 Å². The van der Waals surface area contributed by atoms with Gasteiger partial charge in [0.1, 0.15) is 0 Å². The van der Waals surface area contributed by atoms with Crippen LogP contribution in [0.5, 0.6) is 0 Å². The number of carbonyl (C=O) groups is 1. The molecule has 198 valence electrons. The highest BCUT2D eigenvalue weighted by molar-refractivity contribution is 7.93. The number of para-hydroxylation sites is 1. The number of benzene rings is 4. The number of nitrogens with one attached hydrogen (secondary N) is 1. The van der Waals surface area contributed by atoms with Crippen LogP contribution in [0.3, 0.4) is 0 Å². The van der Waals surface area contributed by atoms with Gasteiger partial charge in [-0.2, -0.15) is 5.26 Å². The van der Waals surface area contributed by atoms with Gasteiger partial charge in [-0.05, 0) is 60.7 Å². The lowest BCUT2D eigenvalue weighted by molar-refractivity contribution is -0.118. The standard InChI is InChI=1S/C31H30N4O3S/c1-34(2)28-12-4-10-26-25(28)9-5-13-29(26)39(37,38)33-27-11-3-7-24-8-6-20-35(31(24)27)30(36)19-18-22-14-16-23(21-32)17-15-22/h3-5,7,9-17,33H,6,8,18-20H2,1-2H3. The Morgan fingerprint density at radius 1 is 0.974 bits per heavy atom. The molecule has 0 saturated heterocycles. The molecule has 1 aliphatic heterocycles. The van der Waals surface area contributed by atoms with Gasteiger partial charge in [0.15, 0.2) is 0 Å². The van der Waals surface area contributed by atoms with E-state index in [0.29, 0.717) is 35.3 Å². The molecule has 0 atom stereocenters. The topological polar surface area (TPSA) is 93.5 Å². The maximum atomic E-state index is 13.8. The monoisotopic (exact) mass is 538 g/mol. The highest BCUT2D eigenvalue weighted by Crippen LogP contribution is 2.37. The Balaban J connectivity index is 1.45. The number of aryl methyl sites for hydroxylation is 2. The third-order valence-electron chi connectivity index (χ3n) is 7.10. The van der Waals surface area contributed by atoms with Gasteiger partial charge in [-0.25, -0.2) is 8.42 Å². The van der Waals surface area contributed by atoms with Gasteiger partial charge in [-0.1, -0.05) is 48.5 Å². The van der Waals surface area contributed by atoms with Crippen molar-refractivity contribution in [2.75, 3.05) is 35.2 Å². The van der Waals surface area contributed by atoms with Crippen LogP contribution >= 0.6 is 0 Å². The van der Waals surface area contributed by atoms with Crippen LogP contribution in [-0.2, 0) is 27.7 Å². The van der Waals surface area contributed by atoms with Crippen molar-refractivity contribution in [1.82, 2.24) is 0 Å². The Morgan fingerprint density at radius 2 is 1.69 bits per heavy atom. The van der Waals surface area contributed by atoms with E-state index in [0.717, 1.165) is 35.0 Å². The zero-order chi connectivity index (χ0) is 27.6. The number of sulfonamides is 1. The van der Waals surface area contributed by atoms with Crippen LogP contribution in [0.25, 0.3) is 10.8 Å². The third-order valence-corrected chi connectivity index (χ3v) is 8.53. The number of rotatable bonds is 7. The molecule has 8 heteroatoms. The summed E-state index contributed by atoms with van der Waals surface area (Å²) in [5.74, 6) is -0.0623. The van der Waals surface area contributed by atoms with Crippen molar-refractivity contribution in [3.05, 3.63) is 95.6 Å². The zero-order valence-electron chi connectivity index (χ0n) is 22.0. The molecule has 0 saturated carbocycles. The summed E-state index contributed by atoms with van der Waals surface area (Å²) in [7, 11) is -0.104. The van der Waals surface area contributed by atoms with Crippen molar-refractivity contribution >= 4 is 43.8 Å². The minimum absolute atomic E-state index is 0.0623. The summed E-state index contributed by atoms with van der Waals surface area (Å²) >= 11 is 0. The van der Waals surface area contributed by atoms with Crippen molar-refractivity contribution in [1.29, 1.82) is 5.26 Å². The molecule has 0 unspecified atom stereocenters. The van der Waals surface area contributed by atoms with E-state index in [1.165, 1.54) is 0 Å². The number of anilines is 3. The van der Waals surface area contributed by atoms with E-state index in [-0.39, 0.29) is 17.2 Å². The largest absolute Gasteiger partial charge is 0.377 e. The first-order valence-electron chi connectivity index (χ1n) is 12.9.